The molecule has 1 N–H and O–H groups in total. The van der Waals surface area contributed by atoms with Gasteiger partial charge in [0.05, 0.1) is 14.2 Å². The smallest absolute Gasteiger partial charge is 0.248 e. The molecular weight excluding hydrogens is 492 g/mol. The summed E-state index contributed by atoms with van der Waals surface area (Å²) in [6.07, 6.45) is 1.57. The van der Waals surface area contributed by atoms with E-state index in [9.17, 15) is 13.2 Å². The second-order valence-electron chi connectivity index (χ2n) is 9.04. The third-order valence-corrected chi connectivity index (χ3v) is 8.51. The van der Waals surface area contributed by atoms with Crippen molar-refractivity contribution in [3.05, 3.63) is 89.7 Å². The second-order valence-corrected chi connectivity index (χ2v) is 11.0. The lowest BCUT2D eigenvalue weighted by Crippen LogP contribution is -2.42. The molecule has 8 nitrogen and oxygen atoms in total. The summed E-state index contributed by atoms with van der Waals surface area (Å²) >= 11 is 0. The highest BCUT2D eigenvalue weighted by Gasteiger charge is 2.48. The fraction of sp³-hybridized carbons (Fsp3) is 0.214. The van der Waals surface area contributed by atoms with E-state index < -0.39 is 14.8 Å². The Balaban J connectivity index is 1.69. The van der Waals surface area contributed by atoms with Crippen LogP contribution in [-0.4, -0.2) is 33.6 Å². The number of benzene rings is 3. The first-order valence-corrected chi connectivity index (χ1v) is 13.1. The zero-order valence-electron chi connectivity index (χ0n) is 20.6. The Kier molecular flexibility index (Phi) is 6.25. The summed E-state index contributed by atoms with van der Waals surface area (Å²) in [5.74, 6) is 1.53. The van der Waals surface area contributed by atoms with Crippen LogP contribution in [0, 0.1) is 6.92 Å². The number of hydrogen-bond donors (Lipinski definition) is 1. The lowest BCUT2D eigenvalue weighted by Gasteiger charge is -2.34. The van der Waals surface area contributed by atoms with E-state index in [1.165, 1.54) is 13.2 Å². The Morgan fingerprint density at radius 3 is 2.41 bits per heavy atom. The summed E-state index contributed by atoms with van der Waals surface area (Å²) in [4.78, 5) is 13.2. The Morgan fingerprint density at radius 1 is 0.946 bits per heavy atom. The maximum Gasteiger partial charge on any atom is 0.248 e. The lowest BCUT2D eigenvalue weighted by molar-refractivity contribution is -0.118. The van der Waals surface area contributed by atoms with Gasteiger partial charge in [-0.3, -0.25) is 9.52 Å². The summed E-state index contributed by atoms with van der Waals surface area (Å²) in [6.45, 7) is 1.67. The SMILES string of the molecule is COc1cccc(C2(S(=O)(=O)Nc3cc(C)on3)C=C(c3ccc4cc(OC)ccc4c3)CC(=O)C2)c1. The van der Waals surface area contributed by atoms with Crippen molar-refractivity contribution in [2.45, 2.75) is 24.5 Å². The number of nitrogens with one attached hydrogen (secondary N) is 1. The third kappa shape index (κ3) is 4.58. The monoisotopic (exact) mass is 518 g/mol. The molecule has 0 bridgehead atoms. The fourth-order valence-corrected chi connectivity index (χ4v) is 6.37. The molecule has 0 spiro atoms. The molecule has 0 saturated heterocycles. The average molecular weight is 519 g/mol. The van der Waals surface area contributed by atoms with E-state index in [4.69, 9.17) is 14.0 Å². The van der Waals surface area contributed by atoms with Gasteiger partial charge in [0.15, 0.2) is 5.82 Å². The van der Waals surface area contributed by atoms with Crippen molar-refractivity contribution in [1.82, 2.24) is 5.16 Å². The molecule has 0 amide bonds. The van der Waals surface area contributed by atoms with E-state index in [1.807, 2.05) is 36.4 Å². The largest absolute Gasteiger partial charge is 0.497 e. The van der Waals surface area contributed by atoms with Crippen LogP contribution in [0.5, 0.6) is 11.5 Å². The second kappa shape index (κ2) is 9.40. The number of ketones is 1. The number of aromatic nitrogens is 1. The fourth-order valence-electron chi connectivity index (χ4n) is 4.73. The van der Waals surface area contributed by atoms with Crippen LogP contribution in [-0.2, 0) is 19.6 Å². The van der Waals surface area contributed by atoms with Gasteiger partial charge in [-0.15, -0.1) is 0 Å². The number of Topliss-reactive ketones (excluding diaryl/α,β-unsaturated/α-hetero) is 1. The van der Waals surface area contributed by atoms with E-state index in [0.29, 0.717) is 22.6 Å². The first kappa shape index (κ1) is 24.6. The molecule has 37 heavy (non-hydrogen) atoms. The molecule has 1 unspecified atom stereocenters. The van der Waals surface area contributed by atoms with Crippen molar-refractivity contribution >= 4 is 38.0 Å². The van der Waals surface area contributed by atoms with Gasteiger partial charge in [-0.25, -0.2) is 8.42 Å². The number of ether oxygens (including phenoxy) is 2. The molecule has 0 saturated carbocycles. The van der Waals surface area contributed by atoms with Crippen LogP contribution in [0.25, 0.3) is 16.3 Å². The number of methoxy groups -OCH3 is 2. The number of rotatable bonds is 7. The van der Waals surface area contributed by atoms with Gasteiger partial charge in [0.1, 0.15) is 27.8 Å². The van der Waals surface area contributed by atoms with E-state index in [1.54, 1.807) is 44.4 Å². The van der Waals surface area contributed by atoms with Crippen LogP contribution in [0.15, 0.2) is 77.3 Å². The molecular formula is C28H26N2O6S. The molecule has 3 aromatic carbocycles. The Hall–Kier alpha value is -4.11. The summed E-state index contributed by atoms with van der Waals surface area (Å²) < 4.78 is 44.7. The highest BCUT2D eigenvalue weighted by Crippen LogP contribution is 2.45. The van der Waals surface area contributed by atoms with E-state index in [-0.39, 0.29) is 24.4 Å². The maximum atomic E-state index is 14.0. The minimum absolute atomic E-state index is 0.0485. The highest BCUT2D eigenvalue weighted by atomic mass is 32.2. The zero-order chi connectivity index (χ0) is 26.2. The van der Waals surface area contributed by atoms with Crippen LogP contribution >= 0.6 is 0 Å². The summed E-state index contributed by atoms with van der Waals surface area (Å²) in [7, 11) is -1.11. The molecule has 0 radical (unpaired) electrons. The van der Waals surface area contributed by atoms with E-state index in [2.05, 4.69) is 9.88 Å². The van der Waals surface area contributed by atoms with Gasteiger partial charge >= 0.3 is 0 Å². The Bertz CT molecular complexity index is 1640. The van der Waals surface area contributed by atoms with Crippen LogP contribution in [0.2, 0.25) is 0 Å². The number of anilines is 1. The average Bonchev–Trinajstić information content (AvgIpc) is 3.31. The number of nitrogens with zero attached hydrogens (tertiary/aromatic N) is 1. The predicted molar refractivity (Wildman–Crippen MR) is 141 cm³/mol. The van der Waals surface area contributed by atoms with Gasteiger partial charge in [0.2, 0.25) is 10.0 Å². The summed E-state index contributed by atoms with van der Waals surface area (Å²) in [5.41, 5.74) is 1.81. The molecule has 4 aromatic rings. The van der Waals surface area contributed by atoms with Crippen molar-refractivity contribution < 1.29 is 27.2 Å². The van der Waals surface area contributed by atoms with Crippen molar-refractivity contribution in [2.24, 2.45) is 0 Å². The molecule has 1 aromatic heterocycles. The highest BCUT2D eigenvalue weighted by molar-refractivity contribution is 7.93. The minimum atomic E-state index is -4.23. The number of fused-ring (bicyclic) bond motifs is 1. The summed E-state index contributed by atoms with van der Waals surface area (Å²) in [5, 5.41) is 5.71. The topological polar surface area (TPSA) is 108 Å². The molecule has 1 aliphatic carbocycles. The van der Waals surface area contributed by atoms with Crippen LogP contribution < -0.4 is 14.2 Å². The number of sulfonamides is 1. The van der Waals surface area contributed by atoms with E-state index >= 15 is 0 Å². The molecule has 190 valence electrons. The number of carbonyl (C=O) groups is 1. The van der Waals surface area contributed by atoms with Crippen molar-refractivity contribution in [3.8, 4) is 11.5 Å². The van der Waals surface area contributed by atoms with Crippen LogP contribution in [0.4, 0.5) is 5.82 Å². The number of aryl methyl sites for hydroxylation is 1. The predicted octanol–water partition coefficient (Wildman–Crippen LogP) is 5.24. The third-order valence-electron chi connectivity index (χ3n) is 6.58. The zero-order valence-corrected chi connectivity index (χ0v) is 21.5. The van der Waals surface area contributed by atoms with Gasteiger partial charge < -0.3 is 14.0 Å². The van der Waals surface area contributed by atoms with Crippen molar-refractivity contribution in [1.29, 1.82) is 0 Å². The number of hydrogen-bond acceptors (Lipinski definition) is 7. The Morgan fingerprint density at radius 2 is 1.68 bits per heavy atom. The summed E-state index contributed by atoms with van der Waals surface area (Å²) in [6, 6.07) is 19.8. The lowest BCUT2D eigenvalue weighted by atomic mass is 9.81. The quantitative estimate of drug-likeness (QED) is 0.357. The van der Waals surface area contributed by atoms with Gasteiger partial charge in [-0.2, -0.15) is 0 Å². The Labute approximate surface area is 214 Å². The van der Waals surface area contributed by atoms with E-state index in [0.717, 1.165) is 22.1 Å². The molecule has 1 aliphatic rings. The van der Waals surface area contributed by atoms with Crippen molar-refractivity contribution in [3.63, 3.8) is 0 Å². The maximum absolute atomic E-state index is 14.0. The van der Waals surface area contributed by atoms with Crippen LogP contribution in [0.3, 0.4) is 0 Å². The molecule has 0 aliphatic heterocycles. The first-order chi connectivity index (χ1) is 17.7. The molecule has 9 heteroatoms. The van der Waals surface area contributed by atoms with Gasteiger partial charge in [-0.05, 0) is 64.7 Å². The first-order valence-electron chi connectivity index (χ1n) is 11.6. The molecule has 1 atom stereocenters. The van der Waals surface area contributed by atoms with Gasteiger partial charge in [0.25, 0.3) is 0 Å². The molecule has 0 fully saturated rings. The number of carbonyl (C=O) groups excluding carboxylic acids is 1. The van der Waals surface area contributed by atoms with Crippen molar-refractivity contribution in [2.75, 3.05) is 18.9 Å². The van der Waals surface area contributed by atoms with Gasteiger partial charge in [0, 0.05) is 18.9 Å². The molecule has 1 heterocycles. The normalized spacial score (nSPS) is 17.9. The van der Waals surface area contributed by atoms with Gasteiger partial charge in [-0.1, -0.05) is 41.6 Å². The van der Waals surface area contributed by atoms with Crippen LogP contribution in [0.1, 0.15) is 29.7 Å². The number of allylic oxidation sites excluding steroid dienone is 1. The molecule has 5 rings (SSSR count). The minimum Gasteiger partial charge on any atom is -0.497 e. The standard InChI is InChI=1S/C28H26N2O6S/c1-18-11-27(29-36-18)30-37(32,33)28(23-5-4-6-25(15-23)34-2)16-22(13-24(31)17-28)20-7-8-21-14-26(35-3)10-9-19(21)12-20/h4-12,14-16H,13,17H2,1-3H3,(H,29,30).